The van der Waals surface area contributed by atoms with Crippen LogP contribution in [-0.2, 0) is 4.79 Å². The van der Waals surface area contributed by atoms with Crippen molar-refractivity contribution in [1.82, 2.24) is 9.78 Å². The number of benzene rings is 2. The zero-order chi connectivity index (χ0) is 21.1. The first kappa shape index (κ1) is 20.7. The zero-order valence-corrected chi connectivity index (χ0v) is 17.6. The van der Waals surface area contributed by atoms with E-state index in [1.165, 1.54) is 10.8 Å². The van der Waals surface area contributed by atoms with E-state index >= 15 is 0 Å². The van der Waals surface area contributed by atoms with Crippen LogP contribution in [0.4, 0.5) is 5.69 Å². The van der Waals surface area contributed by atoms with Crippen LogP contribution in [-0.4, -0.2) is 15.7 Å². The van der Waals surface area contributed by atoms with Crippen LogP contribution in [0, 0.1) is 32.1 Å². The van der Waals surface area contributed by atoms with Gasteiger partial charge in [-0.05, 0) is 56.2 Å². The lowest BCUT2D eigenvalue weighted by Crippen LogP contribution is -2.15. The van der Waals surface area contributed by atoms with Crippen LogP contribution in [0.5, 0.6) is 0 Å². The zero-order valence-electron chi connectivity index (χ0n) is 16.1. The van der Waals surface area contributed by atoms with Crippen molar-refractivity contribution in [3.63, 3.8) is 0 Å². The lowest BCUT2D eigenvalue weighted by Gasteiger charge is -2.10. The van der Waals surface area contributed by atoms with Crippen LogP contribution >= 0.6 is 23.2 Å². The number of para-hydroxylation sites is 1. The standard InChI is InChI=1S/C22H18Cl2N4O/c1-13-6-4-7-14(2)20(13)26-22(29)16(12-25)10-19-15(3)27-28(21(19)24)18-9-5-8-17(23)11-18/h4-11H,1-3H3,(H,26,29)/b16-10+. The summed E-state index contributed by atoms with van der Waals surface area (Å²) in [5.74, 6) is -0.504. The first-order valence-corrected chi connectivity index (χ1v) is 9.58. The fraction of sp³-hybridized carbons (Fsp3) is 0.136. The van der Waals surface area contributed by atoms with Crippen molar-refractivity contribution in [3.05, 3.63) is 80.6 Å². The van der Waals surface area contributed by atoms with Crippen molar-refractivity contribution in [2.24, 2.45) is 0 Å². The predicted octanol–water partition coefficient (Wildman–Crippen LogP) is 5.65. The molecule has 29 heavy (non-hydrogen) atoms. The lowest BCUT2D eigenvalue weighted by molar-refractivity contribution is -0.112. The SMILES string of the molecule is Cc1cccc(C)c1NC(=O)/C(C#N)=C/c1c(C)nn(-c2cccc(Cl)c2)c1Cl. The van der Waals surface area contributed by atoms with Crippen molar-refractivity contribution in [2.45, 2.75) is 20.8 Å². The largest absolute Gasteiger partial charge is 0.321 e. The summed E-state index contributed by atoms with van der Waals surface area (Å²) >= 11 is 12.6. The summed E-state index contributed by atoms with van der Waals surface area (Å²) in [4.78, 5) is 12.7. The number of nitrogens with zero attached hydrogens (tertiary/aromatic N) is 3. The van der Waals surface area contributed by atoms with Crippen molar-refractivity contribution >= 4 is 40.9 Å². The Kier molecular flexibility index (Phi) is 6.07. The normalized spacial score (nSPS) is 11.2. The third kappa shape index (κ3) is 4.34. The monoisotopic (exact) mass is 424 g/mol. The quantitative estimate of drug-likeness (QED) is 0.434. The van der Waals surface area contributed by atoms with Crippen molar-refractivity contribution in [3.8, 4) is 11.8 Å². The Bertz CT molecular complexity index is 1150. The molecule has 0 saturated carbocycles. The Morgan fingerprint density at radius 1 is 1.14 bits per heavy atom. The number of hydrogen-bond donors (Lipinski definition) is 1. The molecule has 0 radical (unpaired) electrons. The Balaban J connectivity index is 1.98. The average Bonchev–Trinajstić information content (AvgIpc) is 2.96. The van der Waals surface area contributed by atoms with Crippen molar-refractivity contribution in [1.29, 1.82) is 5.26 Å². The Morgan fingerprint density at radius 3 is 2.41 bits per heavy atom. The topological polar surface area (TPSA) is 70.7 Å². The number of nitriles is 1. The van der Waals surface area contributed by atoms with Gasteiger partial charge in [0.05, 0.1) is 11.4 Å². The maximum Gasteiger partial charge on any atom is 0.266 e. The molecular formula is C22H18Cl2N4O. The maximum absolute atomic E-state index is 12.7. The highest BCUT2D eigenvalue weighted by atomic mass is 35.5. The summed E-state index contributed by atoms with van der Waals surface area (Å²) < 4.78 is 1.52. The van der Waals surface area contributed by atoms with Gasteiger partial charge in [0.15, 0.2) is 0 Å². The highest BCUT2D eigenvalue weighted by Crippen LogP contribution is 2.27. The molecule has 0 aliphatic carbocycles. The summed E-state index contributed by atoms with van der Waals surface area (Å²) in [6.45, 7) is 5.56. The number of aryl methyl sites for hydroxylation is 3. The molecule has 1 N–H and O–H groups in total. The molecule has 0 spiro atoms. The first-order valence-electron chi connectivity index (χ1n) is 8.82. The molecule has 0 saturated heterocycles. The van der Waals surface area contributed by atoms with Crippen LogP contribution in [0.15, 0.2) is 48.0 Å². The van der Waals surface area contributed by atoms with Gasteiger partial charge in [-0.15, -0.1) is 0 Å². The Labute approximate surface area is 179 Å². The molecule has 0 unspecified atom stereocenters. The fourth-order valence-electron chi connectivity index (χ4n) is 2.94. The number of halogens is 2. The Hall–Kier alpha value is -3.07. The molecule has 3 aromatic rings. The minimum Gasteiger partial charge on any atom is -0.321 e. The molecule has 2 aromatic carbocycles. The third-order valence-corrected chi connectivity index (χ3v) is 5.07. The summed E-state index contributed by atoms with van der Waals surface area (Å²) in [7, 11) is 0. The van der Waals surface area contributed by atoms with E-state index in [-0.39, 0.29) is 10.7 Å². The minimum absolute atomic E-state index is 0.0664. The molecule has 1 heterocycles. The van der Waals surface area contributed by atoms with E-state index < -0.39 is 5.91 Å². The van der Waals surface area contributed by atoms with Gasteiger partial charge < -0.3 is 5.32 Å². The molecule has 7 heteroatoms. The molecule has 0 fully saturated rings. The summed E-state index contributed by atoms with van der Waals surface area (Å²) in [5.41, 5.74) is 4.22. The number of nitrogens with one attached hydrogen (secondary N) is 1. The predicted molar refractivity (Wildman–Crippen MR) is 116 cm³/mol. The van der Waals surface area contributed by atoms with Crippen molar-refractivity contribution < 1.29 is 4.79 Å². The van der Waals surface area contributed by atoms with Gasteiger partial charge >= 0.3 is 0 Å². The molecule has 0 bridgehead atoms. The number of rotatable bonds is 4. The van der Waals surface area contributed by atoms with Crippen LogP contribution in [0.3, 0.4) is 0 Å². The first-order chi connectivity index (χ1) is 13.8. The second-order valence-electron chi connectivity index (χ2n) is 6.57. The van der Waals surface area contributed by atoms with Gasteiger partial charge in [0.1, 0.15) is 16.8 Å². The van der Waals surface area contributed by atoms with Crippen LogP contribution in [0.25, 0.3) is 11.8 Å². The van der Waals surface area contributed by atoms with Gasteiger partial charge in [-0.3, -0.25) is 4.79 Å². The number of anilines is 1. The molecule has 5 nitrogen and oxygen atoms in total. The van der Waals surface area contributed by atoms with E-state index in [0.717, 1.165) is 11.1 Å². The van der Waals surface area contributed by atoms with E-state index in [0.29, 0.717) is 27.7 Å². The smallest absolute Gasteiger partial charge is 0.266 e. The molecule has 1 aromatic heterocycles. The number of aromatic nitrogens is 2. The van der Waals surface area contributed by atoms with Crippen LogP contribution < -0.4 is 5.32 Å². The second kappa shape index (κ2) is 8.52. The summed E-state index contributed by atoms with van der Waals surface area (Å²) in [6.07, 6.45) is 1.45. The maximum atomic E-state index is 12.7. The number of carbonyl (C=O) groups excluding carboxylic acids is 1. The second-order valence-corrected chi connectivity index (χ2v) is 7.37. The highest BCUT2D eigenvalue weighted by molar-refractivity contribution is 6.32. The Morgan fingerprint density at radius 2 is 1.79 bits per heavy atom. The number of carbonyl (C=O) groups is 1. The molecular weight excluding hydrogens is 407 g/mol. The molecule has 3 rings (SSSR count). The fourth-order valence-corrected chi connectivity index (χ4v) is 3.45. The van der Waals surface area contributed by atoms with Gasteiger partial charge in [-0.2, -0.15) is 10.4 Å². The average molecular weight is 425 g/mol. The van der Waals surface area contributed by atoms with Gasteiger partial charge in [0, 0.05) is 16.3 Å². The minimum atomic E-state index is -0.504. The molecule has 0 aliphatic rings. The number of amides is 1. The van der Waals surface area contributed by atoms with E-state index in [4.69, 9.17) is 23.2 Å². The summed E-state index contributed by atoms with van der Waals surface area (Å²) in [6, 6.07) is 14.7. The van der Waals surface area contributed by atoms with Gasteiger partial charge in [-0.1, -0.05) is 47.5 Å². The van der Waals surface area contributed by atoms with Gasteiger partial charge in [-0.25, -0.2) is 4.68 Å². The van der Waals surface area contributed by atoms with E-state index in [9.17, 15) is 10.1 Å². The van der Waals surface area contributed by atoms with E-state index in [2.05, 4.69) is 10.4 Å². The van der Waals surface area contributed by atoms with E-state index in [1.807, 2.05) is 44.2 Å². The van der Waals surface area contributed by atoms with Gasteiger partial charge in [0.25, 0.3) is 5.91 Å². The van der Waals surface area contributed by atoms with Gasteiger partial charge in [0.2, 0.25) is 0 Å². The van der Waals surface area contributed by atoms with Crippen LogP contribution in [0.1, 0.15) is 22.4 Å². The molecule has 0 aliphatic heterocycles. The molecule has 1 amide bonds. The van der Waals surface area contributed by atoms with Crippen LogP contribution in [0.2, 0.25) is 10.2 Å². The highest BCUT2D eigenvalue weighted by Gasteiger charge is 2.18. The summed E-state index contributed by atoms with van der Waals surface area (Å²) in [5, 5.41) is 17.6. The van der Waals surface area contributed by atoms with Crippen molar-refractivity contribution in [2.75, 3.05) is 5.32 Å². The molecule has 0 atom stereocenters. The number of hydrogen-bond acceptors (Lipinski definition) is 3. The molecule has 146 valence electrons. The third-order valence-electron chi connectivity index (χ3n) is 4.47. The van der Waals surface area contributed by atoms with E-state index in [1.54, 1.807) is 25.1 Å². The lowest BCUT2D eigenvalue weighted by atomic mass is 10.1.